The van der Waals surface area contributed by atoms with Gasteiger partial charge >= 0.3 is 5.97 Å². The number of hydrogen-bond acceptors (Lipinski definition) is 6. The smallest absolute Gasteiger partial charge is 0.311 e. The lowest BCUT2D eigenvalue weighted by molar-refractivity contribution is -0.148. The number of aryl methyl sites for hydroxylation is 1. The van der Waals surface area contributed by atoms with Gasteiger partial charge in [-0.1, -0.05) is 17.7 Å². The SMILES string of the molecule is Cc1ccc(OCc2nc(CC(=O)OCC3CCCCO3)cs2)cc1. The van der Waals surface area contributed by atoms with E-state index in [9.17, 15) is 4.79 Å². The molecule has 0 bridgehead atoms. The molecule has 1 unspecified atom stereocenters. The van der Waals surface area contributed by atoms with Gasteiger partial charge in [-0.25, -0.2) is 4.98 Å². The second-order valence-electron chi connectivity index (χ2n) is 6.18. The number of esters is 1. The van der Waals surface area contributed by atoms with Crippen LogP contribution < -0.4 is 4.74 Å². The first kappa shape index (κ1) is 17.9. The van der Waals surface area contributed by atoms with Crippen LogP contribution in [0.1, 0.15) is 35.5 Å². The van der Waals surface area contributed by atoms with E-state index in [1.807, 2.05) is 36.6 Å². The molecule has 25 heavy (non-hydrogen) atoms. The molecule has 1 aliphatic heterocycles. The first-order valence-electron chi connectivity index (χ1n) is 8.59. The van der Waals surface area contributed by atoms with Gasteiger partial charge in [0.25, 0.3) is 0 Å². The Hall–Kier alpha value is -1.92. The second kappa shape index (κ2) is 8.97. The average Bonchev–Trinajstić information content (AvgIpc) is 3.08. The molecule has 1 saturated heterocycles. The highest BCUT2D eigenvalue weighted by atomic mass is 32.1. The maximum atomic E-state index is 11.9. The molecule has 1 atom stereocenters. The van der Waals surface area contributed by atoms with E-state index in [1.165, 1.54) is 16.9 Å². The number of carbonyl (C=O) groups is 1. The first-order valence-corrected chi connectivity index (χ1v) is 9.47. The standard InChI is InChI=1S/C19H23NO4S/c1-14-5-7-16(8-6-14)23-12-18-20-15(13-25-18)10-19(21)24-11-17-4-2-3-9-22-17/h5-8,13,17H,2-4,9-12H2,1H3. The quantitative estimate of drug-likeness (QED) is 0.704. The van der Waals surface area contributed by atoms with Gasteiger partial charge in [-0.15, -0.1) is 11.3 Å². The number of benzene rings is 1. The van der Waals surface area contributed by atoms with Gasteiger partial charge < -0.3 is 14.2 Å². The summed E-state index contributed by atoms with van der Waals surface area (Å²) >= 11 is 1.49. The molecule has 1 fully saturated rings. The molecule has 6 heteroatoms. The van der Waals surface area contributed by atoms with E-state index in [4.69, 9.17) is 14.2 Å². The van der Waals surface area contributed by atoms with Crippen molar-refractivity contribution in [2.75, 3.05) is 13.2 Å². The highest BCUT2D eigenvalue weighted by molar-refractivity contribution is 7.09. The minimum absolute atomic E-state index is 0.0478. The molecule has 5 nitrogen and oxygen atoms in total. The molecule has 0 spiro atoms. The fraction of sp³-hybridized carbons (Fsp3) is 0.474. The Balaban J connectivity index is 1.41. The van der Waals surface area contributed by atoms with Crippen LogP contribution in [0.25, 0.3) is 0 Å². The van der Waals surface area contributed by atoms with Gasteiger partial charge in [0.1, 0.15) is 24.0 Å². The summed E-state index contributed by atoms with van der Waals surface area (Å²) in [6, 6.07) is 7.90. The van der Waals surface area contributed by atoms with Gasteiger partial charge in [0.15, 0.2) is 0 Å². The Labute approximate surface area is 151 Å². The number of aromatic nitrogens is 1. The third-order valence-corrected chi connectivity index (χ3v) is 4.88. The summed E-state index contributed by atoms with van der Waals surface area (Å²) in [7, 11) is 0. The summed E-state index contributed by atoms with van der Waals surface area (Å²) in [6.07, 6.45) is 3.43. The maximum Gasteiger partial charge on any atom is 0.311 e. The molecular weight excluding hydrogens is 338 g/mol. The summed E-state index contributed by atoms with van der Waals surface area (Å²) < 4.78 is 16.6. The Morgan fingerprint density at radius 1 is 1.32 bits per heavy atom. The van der Waals surface area contributed by atoms with Crippen molar-refractivity contribution in [1.29, 1.82) is 0 Å². The van der Waals surface area contributed by atoms with Crippen molar-refractivity contribution in [2.24, 2.45) is 0 Å². The molecule has 0 aliphatic carbocycles. The van der Waals surface area contributed by atoms with Crippen LogP contribution in [0.3, 0.4) is 0 Å². The number of carbonyl (C=O) groups excluding carboxylic acids is 1. The summed E-state index contributed by atoms with van der Waals surface area (Å²) in [5.74, 6) is 0.555. The molecule has 0 amide bonds. The lowest BCUT2D eigenvalue weighted by atomic mass is 10.1. The summed E-state index contributed by atoms with van der Waals surface area (Å²) in [6.45, 7) is 3.54. The zero-order valence-electron chi connectivity index (χ0n) is 14.4. The largest absolute Gasteiger partial charge is 0.486 e. The molecule has 134 valence electrons. The van der Waals surface area contributed by atoms with Gasteiger partial charge in [0, 0.05) is 12.0 Å². The van der Waals surface area contributed by atoms with E-state index >= 15 is 0 Å². The molecular formula is C19H23NO4S. The highest BCUT2D eigenvalue weighted by Gasteiger charge is 2.16. The lowest BCUT2D eigenvalue weighted by Gasteiger charge is -2.21. The first-order chi connectivity index (χ1) is 12.2. The number of ether oxygens (including phenoxy) is 3. The van der Waals surface area contributed by atoms with Gasteiger partial charge in [0.05, 0.1) is 18.2 Å². The second-order valence-corrected chi connectivity index (χ2v) is 7.13. The highest BCUT2D eigenvalue weighted by Crippen LogP contribution is 2.17. The fourth-order valence-corrected chi connectivity index (χ4v) is 3.30. The lowest BCUT2D eigenvalue weighted by Crippen LogP contribution is -2.26. The third kappa shape index (κ3) is 5.83. The molecule has 1 aromatic heterocycles. The van der Waals surface area contributed by atoms with E-state index in [0.29, 0.717) is 13.2 Å². The average molecular weight is 361 g/mol. The van der Waals surface area contributed by atoms with Crippen molar-refractivity contribution in [3.63, 3.8) is 0 Å². The number of nitrogens with zero attached hydrogens (tertiary/aromatic N) is 1. The van der Waals surface area contributed by atoms with E-state index in [2.05, 4.69) is 4.98 Å². The predicted molar refractivity (Wildman–Crippen MR) is 95.9 cm³/mol. The Bertz CT molecular complexity index is 677. The van der Waals surface area contributed by atoms with Gasteiger partial charge in [0.2, 0.25) is 0 Å². The van der Waals surface area contributed by atoms with Gasteiger partial charge in [-0.3, -0.25) is 4.79 Å². The molecule has 1 aliphatic rings. The Morgan fingerprint density at radius 3 is 2.92 bits per heavy atom. The van der Waals surface area contributed by atoms with Crippen LogP contribution in [-0.2, 0) is 27.3 Å². The molecule has 0 N–H and O–H groups in total. The van der Waals surface area contributed by atoms with E-state index in [0.717, 1.165) is 42.3 Å². The van der Waals surface area contributed by atoms with Crippen LogP contribution in [0.2, 0.25) is 0 Å². The van der Waals surface area contributed by atoms with E-state index in [-0.39, 0.29) is 18.5 Å². The van der Waals surface area contributed by atoms with Gasteiger partial charge in [-0.05, 0) is 38.3 Å². The molecule has 1 aromatic carbocycles. The summed E-state index contributed by atoms with van der Waals surface area (Å²) in [4.78, 5) is 16.4. The zero-order valence-corrected chi connectivity index (χ0v) is 15.2. The van der Waals surface area contributed by atoms with E-state index < -0.39 is 0 Å². The normalized spacial score (nSPS) is 17.2. The summed E-state index contributed by atoms with van der Waals surface area (Å²) in [5.41, 5.74) is 1.92. The number of thiazole rings is 1. The van der Waals surface area contributed by atoms with Crippen molar-refractivity contribution >= 4 is 17.3 Å². The van der Waals surface area contributed by atoms with Crippen molar-refractivity contribution in [3.8, 4) is 5.75 Å². The minimum Gasteiger partial charge on any atom is -0.486 e. The topological polar surface area (TPSA) is 57.7 Å². The Kier molecular flexibility index (Phi) is 6.42. The zero-order chi connectivity index (χ0) is 17.5. The molecule has 3 rings (SSSR count). The molecule has 2 aromatic rings. The van der Waals surface area contributed by atoms with Crippen molar-refractivity contribution in [3.05, 3.63) is 45.9 Å². The van der Waals surface area contributed by atoms with Crippen molar-refractivity contribution < 1.29 is 19.0 Å². The van der Waals surface area contributed by atoms with Crippen LogP contribution in [-0.4, -0.2) is 30.3 Å². The van der Waals surface area contributed by atoms with Crippen molar-refractivity contribution in [2.45, 2.75) is 45.3 Å². The number of hydrogen-bond donors (Lipinski definition) is 0. The molecule has 2 heterocycles. The minimum atomic E-state index is -0.259. The number of rotatable bonds is 7. The third-order valence-electron chi connectivity index (χ3n) is 4.01. The summed E-state index contributed by atoms with van der Waals surface area (Å²) in [5, 5.41) is 2.73. The van der Waals surface area contributed by atoms with Crippen LogP contribution in [0.5, 0.6) is 5.75 Å². The van der Waals surface area contributed by atoms with Gasteiger partial charge in [-0.2, -0.15) is 0 Å². The van der Waals surface area contributed by atoms with Crippen LogP contribution >= 0.6 is 11.3 Å². The van der Waals surface area contributed by atoms with Crippen LogP contribution in [0.15, 0.2) is 29.6 Å². The van der Waals surface area contributed by atoms with E-state index in [1.54, 1.807) is 0 Å². The fourth-order valence-electron chi connectivity index (χ4n) is 2.60. The van der Waals surface area contributed by atoms with Crippen LogP contribution in [0.4, 0.5) is 0 Å². The molecule has 0 radical (unpaired) electrons. The van der Waals surface area contributed by atoms with Crippen molar-refractivity contribution in [1.82, 2.24) is 4.98 Å². The predicted octanol–water partition coefficient (Wildman–Crippen LogP) is 3.69. The Morgan fingerprint density at radius 2 is 2.16 bits per heavy atom. The van der Waals surface area contributed by atoms with Crippen LogP contribution in [0, 0.1) is 6.92 Å². The molecule has 0 saturated carbocycles. The monoisotopic (exact) mass is 361 g/mol. The maximum absolute atomic E-state index is 11.9.